The maximum atomic E-state index is 6.32. The fourth-order valence-corrected chi connectivity index (χ4v) is 2.42. The van der Waals surface area contributed by atoms with Gasteiger partial charge in [-0.1, -0.05) is 29.3 Å². The summed E-state index contributed by atoms with van der Waals surface area (Å²) in [6, 6.07) is 4.21. The number of ether oxygens (including phenoxy) is 1. The van der Waals surface area contributed by atoms with Crippen molar-refractivity contribution in [3.8, 4) is 11.5 Å². The molecular weight excluding hydrogens is 258 g/mol. The number of rotatable bonds is 2. The van der Waals surface area contributed by atoms with E-state index < -0.39 is 0 Å². The molecule has 0 aliphatic heterocycles. The van der Waals surface area contributed by atoms with Crippen LogP contribution in [0.5, 0.6) is 11.5 Å². The van der Waals surface area contributed by atoms with Crippen LogP contribution < -0.4 is 4.74 Å². The number of hydrogen-bond donors (Lipinski definition) is 0. The van der Waals surface area contributed by atoms with E-state index in [-0.39, 0.29) is 0 Å². The Morgan fingerprint density at radius 1 is 0.895 bits per heavy atom. The Bertz CT molecular complexity index is 612. The minimum Gasteiger partial charge on any atom is -0.453 e. The van der Waals surface area contributed by atoms with Gasteiger partial charge in [-0.2, -0.15) is 0 Å². The molecule has 0 radical (unpaired) electrons. The fourth-order valence-electron chi connectivity index (χ4n) is 2.20. The molecule has 0 saturated heterocycles. The highest BCUT2D eigenvalue weighted by Crippen LogP contribution is 2.36. The molecule has 0 N–H and O–H groups in total. The third-order valence-electron chi connectivity index (χ3n) is 3.13. The molecule has 0 aliphatic rings. The van der Waals surface area contributed by atoms with Gasteiger partial charge < -0.3 is 4.74 Å². The van der Waals surface area contributed by atoms with Crippen molar-refractivity contribution in [1.82, 2.24) is 4.98 Å². The Labute approximate surface area is 119 Å². The Hall–Kier alpha value is -1.54. The largest absolute Gasteiger partial charge is 0.453 e. The lowest BCUT2D eigenvalue weighted by Gasteiger charge is -2.16. The third-order valence-corrected chi connectivity index (χ3v) is 3.60. The van der Waals surface area contributed by atoms with Gasteiger partial charge >= 0.3 is 0 Å². The number of aryl methyl sites for hydroxylation is 5. The monoisotopic (exact) mass is 275 g/mol. The van der Waals surface area contributed by atoms with Crippen molar-refractivity contribution in [3.63, 3.8) is 0 Å². The van der Waals surface area contributed by atoms with E-state index in [9.17, 15) is 0 Å². The van der Waals surface area contributed by atoms with E-state index in [0.717, 1.165) is 28.1 Å². The zero-order valence-corrected chi connectivity index (χ0v) is 12.7. The van der Waals surface area contributed by atoms with Gasteiger partial charge in [0.2, 0.25) is 0 Å². The molecule has 0 unspecified atom stereocenters. The van der Waals surface area contributed by atoms with E-state index >= 15 is 0 Å². The van der Waals surface area contributed by atoms with Gasteiger partial charge in [0.05, 0.1) is 10.7 Å². The predicted molar refractivity (Wildman–Crippen MR) is 79.4 cm³/mol. The molecule has 0 spiro atoms. The van der Waals surface area contributed by atoms with Crippen molar-refractivity contribution in [1.29, 1.82) is 0 Å². The first-order valence-electron chi connectivity index (χ1n) is 6.27. The standard InChI is InChI=1S/C16H18ClNO/c1-9-6-10(2)15(11(3)7-9)19-16-13(5)18-8-12(4)14(16)17/h6-8H,1-5H3. The third kappa shape index (κ3) is 2.74. The van der Waals surface area contributed by atoms with Crippen LogP contribution in [0.25, 0.3) is 0 Å². The SMILES string of the molecule is Cc1cc(C)c(Oc2c(C)ncc(C)c2Cl)c(C)c1. The van der Waals surface area contributed by atoms with Crippen LogP contribution in [-0.2, 0) is 0 Å². The van der Waals surface area contributed by atoms with Gasteiger partial charge in [-0.05, 0) is 51.3 Å². The van der Waals surface area contributed by atoms with Crippen molar-refractivity contribution < 1.29 is 4.74 Å². The van der Waals surface area contributed by atoms with Crippen molar-refractivity contribution in [3.05, 3.63) is 51.3 Å². The topological polar surface area (TPSA) is 22.1 Å². The van der Waals surface area contributed by atoms with Crippen LogP contribution in [0.2, 0.25) is 5.02 Å². The second kappa shape index (κ2) is 5.22. The van der Waals surface area contributed by atoms with E-state index in [4.69, 9.17) is 16.3 Å². The maximum Gasteiger partial charge on any atom is 0.167 e. The van der Waals surface area contributed by atoms with Crippen molar-refractivity contribution in [2.45, 2.75) is 34.6 Å². The fraction of sp³-hybridized carbons (Fsp3) is 0.312. The molecule has 1 aromatic carbocycles. The van der Waals surface area contributed by atoms with Crippen molar-refractivity contribution >= 4 is 11.6 Å². The lowest BCUT2D eigenvalue weighted by Crippen LogP contribution is -1.97. The molecule has 2 nitrogen and oxygen atoms in total. The Kier molecular flexibility index (Phi) is 3.81. The quantitative estimate of drug-likeness (QED) is 0.763. The van der Waals surface area contributed by atoms with Gasteiger partial charge in [-0.25, -0.2) is 0 Å². The number of benzene rings is 1. The second-order valence-electron chi connectivity index (χ2n) is 5.00. The van der Waals surface area contributed by atoms with E-state index in [1.807, 2.05) is 27.7 Å². The summed E-state index contributed by atoms with van der Waals surface area (Å²) in [7, 11) is 0. The van der Waals surface area contributed by atoms with Crippen LogP contribution in [-0.4, -0.2) is 4.98 Å². The average molecular weight is 276 g/mol. The lowest BCUT2D eigenvalue weighted by atomic mass is 10.1. The molecule has 0 aliphatic carbocycles. The van der Waals surface area contributed by atoms with Gasteiger partial charge in [-0.3, -0.25) is 4.98 Å². The van der Waals surface area contributed by atoms with Crippen molar-refractivity contribution in [2.75, 3.05) is 0 Å². The summed E-state index contributed by atoms with van der Waals surface area (Å²) in [4.78, 5) is 4.30. The lowest BCUT2D eigenvalue weighted by molar-refractivity contribution is 0.468. The van der Waals surface area contributed by atoms with Gasteiger partial charge in [0, 0.05) is 6.20 Å². The summed E-state index contributed by atoms with van der Waals surface area (Å²) in [5.74, 6) is 1.51. The van der Waals surface area contributed by atoms with Crippen LogP contribution in [0.4, 0.5) is 0 Å². The van der Waals surface area contributed by atoms with Crippen LogP contribution in [0.3, 0.4) is 0 Å². The summed E-state index contributed by atoms with van der Waals surface area (Å²) in [6.07, 6.45) is 1.76. The number of nitrogens with zero attached hydrogens (tertiary/aromatic N) is 1. The first kappa shape index (κ1) is 13.9. The highest BCUT2D eigenvalue weighted by Gasteiger charge is 2.13. The van der Waals surface area contributed by atoms with Gasteiger partial charge in [-0.15, -0.1) is 0 Å². The van der Waals surface area contributed by atoms with Gasteiger partial charge in [0.25, 0.3) is 0 Å². The molecule has 1 heterocycles. The van der Waals surface area contributed by atoms with Crippen LogP contribution in [0.15, 0.2) is 18.3 Å². The number of halogens is 1. The summed E-state index contributed by atoms with van der Waals surface area (Å²) in [5.41, 5.74) is 5.16. The first-order valence-corrected chi connectivity index (χ1v) is 6.65. The molecule has 2 rings (SSSR count). The molecule has 3 heteroatoms. The highest BCUT2D eigenvalue weighted by atomic mass is 35.5. The predicted octanol–water partition coefficient (Wildman–Crippen LogP) is 5.07. The normalized spacial score (nSPS) is 10.6. The Balaban J connectivity index is 2.51. The van der Waals surface area contributed by atoms with Gasteiger partial charge in [0.15, 0.2) is 5.75 Å². The van der Waals surface area contributed by atoms with Crippen molar-refractivity contribution in [2.24, 2.45) is 0 Å². The van der Waals surface area contributed by atoms with E-state index in [2.05, 4.69) is 24.0 Å². The maximum absolute atomic E-state index is 6.32. The molecule has 1 aromatic heterocycles. The summed E-state index contributed by atoms with van der Waals surface area (Å²) < 4.78 is 6.04. The molecule has 0 bridgehead atoms. The summed E-state index contributed by atoms with van der Waals surface area (Å²) in [5, 5.41) is 0.631. The summed E-state index contributed by atoms with van der Waals surface area (Å²) >= 11 is 6.32. The first-order chi connectivity index (χ1) is 8.90. The highest BCUT2D eigenvalue weighted by molar-refractivity contribution is 6.32. The van der Waals surface area contributed by atoms with Gasteiger partial charge in [0.1, 0.15) is 5.75 Å². The van der Waals surface area contributed by atoms with Crippen LogP contribution in [0.1, 0.15) is 27.9 Å². The minimum absolute atomic E-state index is 0.631. The van der Waals surface area contributed by atoms with E-state index in [1.54, 1.807) is 6.20 Å². The molecule has 0 atom stereocenters. The molecule has 2 aromatic rings. The van der Waals surface area contributed by atoms with E-state index in [0.29, 0.717) is 10.8 Å². The molecule has 0 fully saturated rings. The molecule has 0 saturated carbocycles. The Morgan fingerprint density at radius 3 is 2.05 bits per heavy atom. The number of hydrogen-bond acceptors (Lipinski definition) is 2. The number of aromatic nitrogens is 1. The number of pyridine rings is 1. The smallest absolute Gasteiger partial charge is 0.167 e. The zero-order chi connectivity index (χ0) is 14.2. The molecule has 0 amide bonds. The van der Waals surface area contributed by atoms with Crippen LogP contribution in [0, 0.1) is 34.6 Å². The molecular formula is C16H18ClNO. The Morgan fingerprint density at radius 2 is 1.47 bits per heavy atom. The minimum atomic E-state index is 0.631. The molecule has 100 valence electrons. The molecule has 19 heavy (non-hydrogen) atoms. The van der Waals surface area contributed by atoms with E-state index in [1.165, 1.54) is 5.56 Å². The summed E-state index contributed by atoms with van der Waals surface area (Å²) in [6.45, 7) is 10.00. The van der Waals surface area contributed by atoms with Crippen LogP contribution >= 0.6 is 11.6 Å². The second-order valence-corrected chi connectivity index (χ2v) is 5.38. The zero-order valence-electron chi connectivity index (χ0n) is 12.0. The average Bonchev–Trinajstić information content (AvgIpc) is 2.32.